The van der Waals surface area contributed by atoms with E-state index >= 15 is 0 Å². The van der Waals surface area contributed by atoms with Gasteiger partial charge in [-0.25, -0.2) is 0 Å². The van der Waals surface area contributed by atoms with Crippen LogP contribution in [0, 0.1) is 5.92 Å². The lowest BCUT2D eigenvalue weighted by Gasteiger charge is -2.10. The van der Waals surface area contributed by atoms with E-state index in [2.05, 4.69) is 0 Å². The molecule has 0 saturated carbocycles. The molecule has 2 amide bonds. The predicted molar refractivity (Wildman–Crippen MR) is 41.8 cm³/mol. The Morgan fingerprint density at radius 3 is 2.57 bits per heavy atom. The highest BCUT2D eigenvalue weighted by molar-refractivity contribution is 6.14. The first-order chi connectivity index (χ1) is 6.49. The third-order valence-electron chi connectivity index (χ3n) is 2.03. The normalized spacial score (nSPS) is 24.2. The Bertz CT molecular complexity index is 290. The second-order valence-corrected chi connectivity index (χ2v) is 2.99. The third kappa shape index (κ3) is 1.65. The van der Waals surface area contributed by atoms with Crippen LogP contribution in [0.3, 0.4) is 0 Å². The molecule has 0 spiro atoms. The fraction of sp³-hybridized carbons (Fsp3) is 0.571. The molecule has 0 aromatic carbocycles. The number of amides is 2. The van der Waals surface area contributed by atoms with E-state index < -0.39 is 36.2 Å². The standard InChI is InChI=1S/C7H10N2O5/c8-4(2-10)6(12)3-1-5(11)9(14)7(3)13/h3-4,10,14H,1-2,8H2. The van der Waals surface area contributed by atoms with E-state index in [9.17, 15) is 14.4 Å². The molecule has 0 radical (unpaired) electrons. The van der Waals surface area contributed by atoms with Crippen LogP contribution in [0.2, 0.25) is 0 Å². The molecule has 1 fully saturated rings. The molecule has 1 heterocycles. The van der Waals surface area contributed by atoms with E-state index in [0.717, 1.165) is 0 Å². The fourth-order valence-corrected chi connectivity index (χ4v) is 1.19. The van der Waals surface area contributed by atoms with Crippen LogP contribution in [0.15, 0.2) is 0 Å². The van der Waals surface area contributed by atoms with E-state index in [1.54, 1.807) is 0 Å². The van der Waals surface area contributed by atoms with Gasteiger partial charge in [0.15, 0.2) is 5.78 Å². The lowest BCUT2D eigenvalue weighted by Crippen LogP contribution is -2.41. The molecule has 0 bridgehead atoms. The van der Waals surface area contributed by atoms with Gasteiger partial charge in [-0.3, -0.25) is 19.6 Å². The van der Waals surface area contributed by atoms with Gasteiger partial charge >= 0.3 is 0 Å². The van der Waals surface area contributed by atoms with Gasteiger partial charge in [0.05, 0.1) is 12.6 Å². The number of hydrogen-bond acceptors (Lipinski definition) is 6. The molecule has 2 atom stereocenters. The molecule has 14 heavy (non-hydrogen) atoms. The largest absolute Gasteiger partial charge is 0.394 e. The Labute approximate surface area is 79.0 Å². The van der Waals surface area contributed by atoms with E-state index in [0.29, 0.717) is 0 Å². The summed E-state index contributed by atoms with van der Waals surface area (Å²) in [5.74, 6) is -3.81. The monoisotopic (exact) mass is 202 g/mol. The van der Waals surface area contributed by atoms with Gasteiger partial charge < -0.3 is 10.8 Å². The number of aliphatic hydroxyl groups excluding tert-OH is 1. The number of hydrogen-bond donors (Lipinski definition) is 3. The summed E-state index contributed by atoms with van der Waals surface area (Å²) >= 11 is 0. The van der Waals surface area contributed by atoms with Crippen LogP contribution in [-0.4, -0.2) is 45.6 Å². The molecule has 0 aromatic heterocycles. The van der Waals surface area contributed by atoms with Crippen LogP contribution < -0.4 is 5.73 Å². The van der Waals surface area contributed by atoms with Gasteiger partial charge in [0.1, 0.15) is 5.92 Å². The number of aliphatic hydroxyl groups is 1. The molecule has 2 unspecified atom stereocenters. The van der Waals surface area contributed by atoms with Crippen LogP contribution >= 0.6 is 0 Å². The van der Waals surface area contributed by atoms with Gasteiger partial charge in [0, 0.05) is 6.42 Å². The van der Waals surface area contributed by atoms with Crippen molar-refractivity contribution in [1.82, 2.24) is 5.06 Å². The fourth-order valence-electron chi connectivity index (χ4n) is 1.19. The van der Waals surface area contributed by atoms with E-state index in [1.807, 2.05) is 0 Å². The Balaban J connectivity index is 2.76. The molecule has 7 heteroatoms. The second kappa shape index (κ2) is 3.82. The second-order valence-electron chi connectivity index (χ2n) is 2.99. The minimum atomic E-state index is -1.25. The van der Waals surface area contributed by atoms with Crippen molar-refractivity contribution in [2.45, 2.75) is 12.5 Å². The van der Waals surface area contributed by atoms with Crippen molar-refractivity contribution >= 4 is 17.6 Å². The van der Waals surface area contributed by atoms with Crippen molar-refractivity contribution in [3.8, 4) is 0 Å². The average Bonchev–Trinajstić information content (AvgIpc) is 2.43. The number of hydroxylamine groups is 2. The molecule has 1 rings (SSSR count). The number of rotatable bonds is 3. The molecule has 0 aliphatic carbocycles. The van der Waals surface area contributed by atoms with Crippen molar-refractivity contribution in [2.75, 3.05) is 6.61 Å². The summed E-state index contributed by atoms with van der Waals surface area (Å²) in [5.41, 5.74) is 5.19. The quantitative estimate of drug-likeness (QED) is 0.267. The van der Waals surface area contributed by atoms with Crippen molar-refractivity contribution in [3.05, 3.63) is 0 Å². The maximum Gasteiger partial charge on any atom is 0.264 e. The Morgan fingerprint density at radius 2 is 2.21 bits per heavy atom. The minimum Gasteiger partial charge on any atom is -0.394 e. The Hall–Kier alpha value is -1.31. The van der Waals surface area contributed by atoms with Crippen LogP contribution in [0.1, 0.15) is 6.42 Å². The summed E-state index contributed by atoms with van der Waals surface area (Å²) < 4.78 is 0. The summed E-state index contributed by atoms with van der Waals surface area (Å²) in [6.45, 7) is -0.595. The zero-order valence-corrected chi connectivity index (χ0v) is 7.21. The summed E-state index contributed by atoms with van der Waals surface area (Å²) in [5, 5.41) is 17.3. The summed E-state index contributed by atoms with van der Waals surface area (Å²) in [6.07, 6.45) is -0.387. The SMILES string of the molecule is NC(CO)C(=O)C1CC(=O)N(O)C1=O. The van der Waals surface area contributed by atoms with Crippen LogP contribution in [-0.2, 0) is 14.4 Å². The topological polar surface area (TPSA) is 121 Å². The first kappa shape index (κ1) is 10.8. The van der Waals surface area contributed by atoms with Gasteiger partial charge in [-0.15, -0.1) is 0 Å². The van der Waals surface area contributed by atoms with Gasteiger partial charge in [-0.2, -0.15) is 5.06 Å². The molecule has 1 aliphatic rings. The lowest BCUT2D eigenvalue weighted by molar-refractivity contribution is -0.172. The van der Waals surface area contributed by atoms with Crippen LogP contribution in [0.25, 0.3) is 0 Å². The summed E-state index contributed by atoms with van der Waals surface area (Å²) in [7, 11) is 0. The average molecular weight is 202 g/mol. The number of ketones is 1. The highest BCUT2D eigenvalue weighted by Crippen LogP contribution is 2.19. The Morgan fingerprint density at radius 1 is 1.64 bits per heavy atom. The lowest BCUT2D eigenvalue weighted by atomic mass is 9.97. The van der Waals surface area contributed by atoms with Crippen molar-refractivity contribution in [1.29, 1.82) is 0 Å². The van der Waals surface area contributed by atoms with Gasteiger partial charge in [0.25, 0.3) is 11.8 Å². The molecule has 4 N–H and O–H groups in total. The maximum absolute atomic E-state index is 11.3. The molecule has 78 valence electrons. The van der Waals surface area contributed by atoms with Gasteiger partial charge in [0.2, 0.25) is 0 Å². The third-order valence-corrected chi connectivity index (χ3v) is 2.03. The van der Waals surface area contributed by atoms with Crippen molar-refractivity contribution in [2.24, 2.45) is 11.7 Å². The van der Waals surface area contributed by atoms with E-state index in [-0.39, 0.29) is 11.5 Å². The number of imide groups is 1. The maximum atomic E-state index is 11.3. The molecule has 7 nitrogen and oxygen atoms in total. The number of Topliss-reactive ketones (excluding diaryl/α,β-unsaturated/α-hetero) is 1. The zero-order chi connectivity index (χ0) is 10.9. The van der Waals surface area contributed by atoms with Gasteiger partial charge in [-0.05, 0) is 0 Å². The smallest absolute Gasteiger partial charge is 0.264 e. The van der Waals surface area contributed by atoms with Crippen LogP contribution in [0.5, 0.6) is 0 Å². The first-order valence-electron chi connectivity index (χ1n) is 3.95. The number of carbonyl (C=O) groups excluding carboxylic acids is 3. The number of nitrogens with zero attached hydrogens (tertiary/aromatic N) is 1. The molecular formula is C7H10N2O5. The highest BCUT2D eigenvalue weighted by atomic mass is 16.5. The van der Waals surface area contributed by atoms with E-state index in [1.165, 1.54) is 0 Å². The van der Waals surface area contributed by atoms with Crippen LogP contribution in [0.4, 0.5) is 0 Å². The summed E-state index contributed by atoms with van der Waals surface area (Å²) in [4.78, 5) is 33.2. The Kier molecular flexibility index (Phi) is 2.94. The number of nitrogens with two attached hydrogens (primary N) is 1. The predicted octanol–water partition coefficient (Wildman–Crippen LogP) is -2.36. The van der Waals surface area contributed by atoms with Crippen molar-refractivity contribution in [3.63, 3.8) is 0 Å². The first-order valence-corrected chi connectivity index (χ1v) is 3.95. The summed E-state index contributed by atoms with van der Waals surface area (Å²) in [6, 6.07) is -1.19. The highest BCUT2D eigenvalue weighted by Gasteiger charge is 2.43. The molecular weight excluding hydrogens is 192 g/mol. The van der Waals surface area contributed by atoms with Crippen molar-refractivity contribution < 1.29 is 24.7 Å². The minimum absolute atomic E-state index is 0.0906. The van der Waals surface area contributed by atoms with Gasteiger partial charge in [-0.1, -0.05) is 0 Å². The zero-order valence-electron chi connectivity index (χ0n) is 7.21. The van der Waals surface area contributed by atoms with E-state index in [4.69, 9.17) is 16.0 Å². The molecule has 0 aromatic rings. The molecule has 1 aliphatic heterocycles. The number of carbonyl (C=O) groups is 3. The molecule has 1 saturated heterocycles.